The van der Waals surface area contributed by atoms with E-state index in [2.05, 4.69) is 18.4 Å². The highest BCUT2D eigenvalue weighted by Crippen LogP contribution is 2.25. The van der Waals surface area contributed by atoms with Gasteiger partial charge < -0.3 is 0 Å². The van der Waals surface area contributed by atoms with Gasteiger partial charge in [0.05, 0.1) is 10.0 Å². The van der Waals surface area contributed by atoms with Crippen LogP contribution in [0.1, 0.15) is 22.9 Å². The molecule has 0 amide bonds. The lowest BCUT2D eigenvalue weighted by molar-refractivity contribution is 1.16. The fourth-order valence-electron chi connectivity index (χ4n) is 1.59. The van der Waals surface area contributed by atoms with E-state index in [4.69, 9.17) is 23.2 Å². The zero-order chi connectivity index (χ0) is 11.5. The number of benzene rings is 1. The Morgan fingerprint density at radius 2 is 1.88 bits per heavy atom. The Balaban J connectivity index is 2.17. The van der Waals surface area contributed by atoms with Crippen molar-refractivity contribution < 1.29 is 0 Å². The van der Waals surface area contributed by atoms with Gasteiger partial charge in [-0.1, -0.05) is 36.2 Å². The molecule has 0 aliphatic carbocycles. The first kappa shape index (κ1) is 12.0. The number of thiophene rings is 1. The summed E-state index contributed by atoms with van der Waals surface area (Å²) in [5, 5.41) is 3.46. The highest BCUT2D eigenvalue weighted by atomic mass is 35.5. The average Bonchev–Trinajstić information content (AvgIpc) is 2.71. The van der Waals surface area contributed by atoms with Crippen LogP contribution in [0.5, 0.6) is 0 Å². The lowest BCUT2D eigenvalue weighted by Gasteiger charge is -2.01. The topological polar surface area (TPSA) is 0 Å². The fraction of sp³-hybridized carbons (Fsp3) is 0.231. The van der Waals surface area contributed by atoms with Crippen molar-refractivity contribution >= 4 is 34.5 Å². The van der Waals surface area contributed by atoms with Crippen molar-refractivity contribution in [3.05, 3.63) is 55.7 Å². The average molecular weight is 271 g/mol. The summed E-state index contributed by atoms with van der Waals surface area (Å²) < 4.78 is 0. The maximum absolute atomic E-state index is 5.98. The van der Waals surface area contributed by atoms with E-state index in [1.807, 2.05) is 29.5 Å². The van der Waals surface area contributed by atoms with Crippen molar-refractivity contribution in [2.24, 2.45) is 0 Å². The van der Waals surface area contributed by atoms with Crippen molar-refractivity contribution in [2.45, 2.75) is 19.8 Å². The standard InChI is InChI=1S/C13H12Cl2S/c1-2-11-6-10(8-16-11)5-9-3-4-12(14)13(15)7-9/h3-4,6-8H,2,5H2,1H3. The van der Waals surface area contributed by atoms with Gasteiger partial charge >= 0.3 is 0 Å². The summed E-state index contributed by atoms with van der Waals surface area (Å²) >= 11 is 13.7. The molecule has 0 radical (unpaired) electrons. The molecule has 0 fully saturated rings. The van der Waals surface area contributed by atoms with E-state index < -0.39 is 0 Å². The van der Waals surface area contributed by atoms with Gasteiger partial charge in [0, 0.05) is 4.88 Å². The first-order chi connectivity index (χ1) is 7.69. The summed E-state index contributed by atoms with van der Waals surface area (Å²) in [6.45, 7) is 2.18. The first-order valence-electron chi connectivity index (χ1n) is 5.19. The first-order valence-corrected chi connectivity index (χ1v) is 6.83. The Morgan fingerprint density at radius 3 is 2.50 bits per heavy atom. The van der Waals surface area contributed by atoms with Crippen LogP contribution in [-0.2, 0) is 12.8 Å². The van der Waals surface area contributed by atoms with E-state index in [1.165, 1.54) is 16.0 Å². The molecule has 0 saturated carbocycles. The van der Waals surface area contributed by atoms with Crippen LogP contribution in [0.3, 0.4) is 0 Å². The highest BCUT2D eigenvalue weighted by Gasteiger charge is 2.03. The molecule has 3 heteroatoms. The Kier molecular flexibility index (Phi) is 3.91. The largest absolute Gasteiger partial charge is 0.149 e. The second-order valence-electron chi connectivity index (χ2n) is 3.70. The van der Waals surface area contributed by atoms with E-state index in [9.17, 15) is 0 Å². The molecule has 0 nitrogen and oxygen atoms in total. The van der Waals surface area contributed by atoms with E-state index in [0.717, 1.165) is 12.8 Å². The number of rotatable bonds is 3. The molecule has 1 aromatic heterocycles. The molecule has 84 valence electrons. The number of aryl methyl sites for hydroxylation is 1. The van der Waals surface area contributed by atoms with E-state index >= 15 is 0 Å². The molecule has 0 bridgehead atoms. The lowest BCUT2D eigenvalue weighted by Crippen LogP contribution is -1.85. The van der Waals surface area contributed by atoms with Crippen LogP contribution in [0, 0.1) is 0 Å². The van der Waals surface area contributed by atoms with Gasteiger partial charge in [0.15, 0.2) is 0 Å². The van der Waals surface area contributed by atoms with Crippen LogP contribution < -0.4 is 0 Å². The SMILES string of the molecule is CCc1cc(Cc2ccc(Cl)c(Cl)c2)cs1. The van der Waals surface area contributed by atoms with Crippen molar-refractivity contribution in [3.8, 4) is 0 Å². The van der Waals surface area contributed by atoms with Crippen LogP contribution in [0.2, 0.25) is 10.0 Å². The van der Waals surface area contributed by atoms with Crippen LogP contribution in [0.4, 0.5) is 0 Å². The minimum Gasteiger partial charge on any atom is -0.149 e. The maximum Gasteiger partial charge on any atom is 0.0595 e. The maximum atomic E-state index is 5.98. The molecular formula is C13H12Cl2S. The van der Waals surface area contributed by atoms with E-state index in [-0.39, 0.29) is 0 Å². The summed E-state index contributed by atoms with van der Waals surface area (Å²) in [5.41, 5.74) is 2.55. The monoisotopic (exact) mass is 270 g/mol. The molecule has 1 aromatic carbocycles. The number of hydrogen-bond donors (Lipinski definition) is 0. The van der Waals surface area contributed by atoms with Crippen LogP contribution in [-0.4, -0.2) is 0 Å². The number of hydrogen-bond acceptors (Lipinski definition) is 1. The van der Waals surface area contributed by atoms with Gasteiger partial charge in [-0.15, -0.1) is 11.3 Å². The molecule has 2 aromatic rings. The Morgan fingerprint density at radius 1 is 1.06 bits per heavy atom. The fourth-order valence-corrected chi connectivity index (χ4v) is 2.75. The van der Waals surface area contributed by atoms with Gasteiger partial charge in [0.25, 0.3) is 0 Å². The van der Waals surface area contributed by atoms with Crippen molar-refractivity contribution in [1.82, 2.24) is 0 Å². The van der Waals surface area contributed by atoms with Crippen molar-refractivity contribution in [1.29, 1.82) is 0 Å². The molecule has 2 rings (SSSR count). The minimum atomic E-state index is 0.616. The second kappa shape index (κ2) is 5.22. The van der Waals surface area contributed by atoms with Gasteiger partial charge in [0.1, 0.15) is 0 Å². The Bertz CT molecular complexity index is 488. The summed E-state index contributed by atoms with van der Waals surface area (Å²) in [7, 11) is 0. The highest BCUT2D eigenvalue weighted by molar-refractivity contribution is 7.10. The lowest BCUT2D eigenvalue weighted by atomic mass is 10.1. The van der Waals surface area contributed by atoms with Gasteiger partial charge in [-0.25, -0.2) is 0 Å². The predicted molar refractivity (Wildman–Crippen MR) is 73.0 cm³/mol. The van der Waals surface area contributed by atoms with Crippen molar-refractivity contribution in [3.63, 3.8) is 0 Å². The van der Waals surface area contributed by atoms with Crippen LogP contribution in [0.15, 0.2) is 29.6 Å². The minimum absolute atomic E-state index is 0.616. The zero-order valence-corrected chi connectivity index (χ0v) is 11.3. The summed E-state index contributed by atoms with van der Waals surface area (Å²) in [6.07, 6.45) is 2.03. The van der Waals surface area contributed by atoms with Crippen LogP contribution in [0.25, 0.3) is 0 Å². The van der Waals surface area contributed by atoms with Gasteiger partial charge in [0.2, 0.25) is 0 Å². The van der Waals surface area contributed by atoms with E-state index in [0.29, 0.717) is 10.0 Å². The van der Waals surface area contributed by atoms with Crippen molar-refractivity contribution in [2.75, 3.05) is 0 Å². The normalized spacial score (nSPS) is 10.7. The predicted octanol–water partition coefficient (Wildman–Crippen LogP) is 5.21. The Labute approximate surface area is 110 Å². The molecule has 0 aliphatic rings. The zero-order valence-electron chi connectivity index (χ0n) is 8.97. The molecule has 0 unspecified atom stereocenters. The van der Waals surface area contributed by atoms with Gasteiger partial charge in [-0.05, 0) is 47.5 Å². The van der Waals surface area contributed by atoms with Crippen LogP contribution >= 0.6 is 34.5 Å². The van der Waals surface area contributed by atoms with Gasteiger partial charge in [-0.2, -0.15) is 0 Å². The molecule has 0 aliphatic heterocycles. The molecule has 0 spiro atoms. The third-order valence-corrected chi connectivity index (χ3v) is 4.32. The summed E-state index contributed by atoms with van der Waals surface area (Å²) in [4.78, 5) is 1.43. The number of halogens is 2. The third kappa shape index (κ3) is 2.79. The van der Waals surface area contributed by atoms with E-state index in [1.54, 1.807) is 0 Å². The Hall–Kier alpha value is -0.500. The molecule has 0 N–H and O–H groups in total. The molecule has 0 saturated heterocycles. The quantitative estimate of drug-likeness (QED) is 0.719. The molecular weight excluding hydrogens is 259 g/mol. The third-order valence-electron chi connectivity index (χ3n) is 2.45. The second-order valence-corrected chi connectivity index (χ2v) is 5.51. The smallest absolute Gasteiger partial charge is 0.0595 e. The molecule has 0 atom stereocenters. The molecule has 1 heterocycles. The summed E-state index contributed by atoms with van der Waals surface area (Å²) in [5.74, 6) is 0. The summed E-state index contributed by atoms with van der Waals surface area (Å²) in [6, 6.07) is 8.07. The molecule has 16 heavy (non-hydrogen) atoms. The van der Waals surface area contributed by atoms with Gasteiger partial charge in [-0.3, -0.25) is 0 Å².